The van der Waals surface area contributed by atoms with Crippen LogP contribution >= 0.6 is 0 Å². The van der Waals surface area contributed by atoms with E-state index >= 15 is 0 Å². The maximum atomic E-state index is 5.81. The number of rotatable bonds is 5. The normalized spacial score (nSPS) is 28.1. The number of hydrogen-bond acceptors (Lipinski definition) is 2. The molecule has 0 aliphatic heterocycles. The van der Waals surface area contributed by atoms with Gasteiger partial charge in [0.15, 0.2) is 0 Å². The number of anilines is 2. The van der Waals surface area contributed by atoms with Crippen LogP contribution in [0.3, 0.4) is 0 Å². The average Bonchev–Trinajstić information content (AvgIpc) is 2.73. The third-order valence-electron chi connectivity index (χ3n) is 7.46. The lowest BCUT2D eigenvalue weighted by molar-refractivity contribution is 0.146. The molecule has 28 heavy (non-hydrogen) atoms. The molecule has 0 amide bonds. The van der Waals surface area contributed by atoms with Gasteiger partial charge in [-0.05, 0) is 123 Å². The summed E-state index contributed by atoms with van der Waals surface area (Å²) in [4.78, 5) is 0. The third-order valence-corrected chi connectivity index (χ3v) is 7.46. The minimum absolute atomic E-state index is 0.874. The molecule has 2 fully saturated rings. The summed E-state index contributed by atoms with van der Waals surface area (Å²) < 4.78 is 0. The molecule has 150 valence electrons. The van der Waals surface area contributed by atoms with Crippen LogP contribution in [0, 0.1) is 23.7 Å². The summed E-state index contributed by atoms with van der Waals surface area (Å²) in [5, 5.41) is 0. The molecule has 0 saturated heterocycles. The number of nitrogens with two attached hydrogens (primary N) is 2. The summed E-state index contributed by atoms with van der Waals surface area (Å²) in [6.45, 7) is 0. The van der Waals surface area contributed by atoms with Crippen molar-refractivity contribution in [2.75, 3.05) is 11.5 Å². The lowest BCUT2D eigenvalue weighted by Gasteiger charge is -2.38. The van der Waals surface area contributed by atoms with Crippen molar-refractivity contribution in [1.29, 1.82) is 0 Å². The van der Waals surface area contributed by atoms with Gasteiger partial charge in [0.2, 0.25) is 0 Å². The standard InChI is InChI=1S/C26H36N2/c27-25-13-5-21(6-14-25)17-19-1-9-23(10-2-19)24-11-3-20(4-12-24)18-22-7-15-26(28)16-8-22/h5-8,13-16,19-20,23-24H,1-4,9-12,17-18,27-28H2. The van der Waals surface area contributed by atoms with E-state index in [1.807, 2.05) is 24.3 Å². The van der Waals surface area contributed by atoms with E-state index in [-0.39, 0.29) is 0 Å². The average molecular weight is 377 g/mol. The Hall–Kier alpha value is -1.96. The molecule has 0 unspecified atom stereocenters. The Morgan fingerprint density at radius 2 is 0.821 bits per heavy atom. The van der Waals surface area contributed by atoms with Crippen molar-refractivity contribution in [3.63, 3.8) is 0 Å². The SMILES string of the molecule is Nc1ccc(CC2CCC(C3CCC(Cc4ccc(N)cc4)CC3)CC2)cc1. The van der Waals surface area contributed by atoms with Gasteiger partial charge in [0.25, 0.3) is 0 Å². The number of nitrogen functional groups attached to an aromatic ring is 2. The highest BCUT2D eigenvalue weighted by molar-refractivity contribution is 5.40. The van der Waals surface area contributed by atoms with E-state index in [1.54, 1.807) is 0 Å². The highest BCUT2D eigenvalue weighted by Crippen LogP contribution is 2.42. The van der Waals surface area contributed by atoms with E-state index in [0.717, 1.165) is 35.0 Å². The van der Waals surface area contributed by atoms with Crippen LogP contribution < -0.4 is 11.5 Å². The second-order valence-electron chi connectivity index (χ2n) is 9.45. The van der Waals surface area contributed by atoms with Gasteiger partial charge in [-0.25, -0.2) is 0 Å². The van der Waals surface area contributed by atoms with E-state index in [2.05, 4.69) is 24.3 Å². The topological polar surface area (TPSA) is 52.0 Å². The summed E-state index contributed by atoms with van der Waals surface area (Å²) in [5.41, 5.74) is 16.3. The molecule has 0 bridgehead atoms. The van der Waals surface area contributed by atoms with Gasteiger partial charge in [-0.2, -0.15) is 0 Å². The first kappa shape index (κ1) is 19.4. The second-order valence-corrected chi connectivity index (χ2v) is 9.45. The molecule has 2 aromatic rings. The lowest BCUT2D eigenvalue weighted by Crippen LogP contribution is -2.26. The number of benzene rings is 2. The molecule has 0 aromatic heterocycles. The maximum Gasteiger partial charge on any atom is 0.0314 e. The Kier molecular flexibility index (Phi) is 6.24. The minimum Gasteiger partial charge on any atom is -0.399 e. The Balaban J connectivity index is 1.19. The van der Waals surface area contributed by atoms with Crippen molar-refractivity contribution in [2.24, 2.45) is 23.7 Å². The predicted octanol–water partition coefficient (Wildman–Crippen LogP) is 6.25. The van der Waals surface area contributed by atoms with E-state index < -0.39 is 0 Å². The molecule has 2 saturated carbocycles. The molecule has 2 aliphatic carbocycles. The van der Waals surface area contributed by atoms with E-state index in [0.29, 0.717) is 0 Å². The zero-order valence-corrected chi connectivity index (χ0v) is 17.2. The quantitative estimate of drug-likeness (QED) is 0.606. The van der Waals surface area contributed by atoms with Gasteiger partial charge < -0.3 is 11.5 Å². The smallest absolute Gasteiger partial charge is 0.0314 e. The maximum absolute atomic E-state index is 5.81. The molecular formula is C26H36N2. The first-order chi connectivity index (χ1) is 13.7. The molecule has 2 aliphatic rings. The van der Waals surface area contributed by atoms with Crippen LogP contribution in [0.15, 0.2) is 48.5 Å². The Morgan fingerprint density at radius 1 is 0.500 bits per heavy atom. The Morgan fingerprint density at radius 3 is 1.14 bits per heavy atom. The van der Waals surface area contributed by atoms with Gasteiger partial charge in [0, 0.05) is 11.4 Å². The van der Waals surface area contributed by atoms with Gasteiger partial charge >= 0.3 is 0 Å². The number of hydrogen-bond donors (Lipinski definition) is 2. The van der Waals surface area contributed by atoms with Crippen molar-refractivity contribution in [2.45, 2.75) is 64.2 Å². The van der Waals surface area contributed by atoms with Gasteiger partial charge in [-0.1, -0.05) is 24.3 Å². The van der Waals surface area contributed by atoms with E-state index in [1.165, 1.54) is 75.3 Å². The molecule has 4 N–H and O–H groups in total. The monoisotopic (exact) mass is 376 g/mol. The van der Waals surface area contributed by atoms with Crippen molar-refractivity contribution >= 4 is 11.4 Å². The van der Waals surface area contributed by atoms with Crippen LogP contribution in [0.2, 0.25) is 0 Å². The summed E-state index contributed by atoms with van der Waals surface area (Å²) >= 11 is 0. The molecule has 2 nitrogen and oxygen atoms in total. The first-order valence-corrected chi connectivity index (χ1v) is 11.3. The zero-order chi connectivity index (χ0) is 19.3. The second kappa shape index (κ2) is 9.03. The van der Waals surface area contributed by atoms with Crippen LogP contribution in [0.25, 0.3) is 0 Å². The third kappa shape index (κ3) is 5.10. The fraction of sp³-hybridized carbons (Fsp3) is 0.538. The summed E-state index contributed by atoms with van der Waals surface area (Å²) in [5.74, 6) is 3.73. The Bertz CT molecular complexity index is 653. The van der Waals surface area contributed by atoms with Crippen molar-refractivity contribution < 1.29 is 0 Å². The highest BCUT2D eigenvalue weighted by atomic mass is 14.5. The van der Waals surface area contributed by atoms with Gasteiger partial charge in [-0.15, -0.1) is 0 Å². The highest BCUT2D eigenvalue weighted by Gasteiger charge is 2.30. The minimum atomic E-state index is 0.874. The summed E-state index contributed by atoms with van der Waals surface area (Å²) in [7, 11) is 0. The zero-order valence-electron chi connectivity index (χ0n) is 17.2. The molecule has 0 heterocycles. The van der Waals surface area contributed by atoms with Crippen LogP contribution in [0.5, 0.6) is 0 Å². The molecule has 2 aromatic carbocycles. The van der Waals surface area contributed by atoms with Crippen LogP contribution in [-0.4, -0.2) is 0 Å². The van der Waals surface area contributed by atoms with E-state index in [4.69, 9.17) is 11.5 Å². The van der Waals surface area contributed by atoms with Gasteiger partial charge in [-0.3, -0.25) is 0 Å². The van der Waals surface area contributed by atoms with Crippen LogP contribution in [-0.2, 0) is 12.8 Å². The fourth-order valence-corrected chi connectivity index (χ4v) is 5.70. The molecule has 2 heteroatoms. The molecule has 0 spiro atoms. The van der Waals surface area contributed by atoms with Gasteiger partial charge in [0.1, 0.15) is 0 Å². The summed E-state index contributed by atoms with van der Waals surface area (Å²) in [6.07, 6.45) is 13.9. The van der Waals surface area contributed by atoms with E-state index in [9.17, 15) is 0 Å². The predicted molar refractivity (Wildman–Crippen MR) is 120 cm³/mol. The molecular weight excluding hydrogens is 340 g/mol. The largest absolute Gasteiger partial charge is 0.399 e. The van der Waals surface area contributed by atoms with Crippen LogP contribution in [0.4, 0.5) is 11.4 Å². The lowest BCUT2D eigenvalue weighted by atomic mass is 9.68. The first-order valence-electron chi connectivity index (χ1n) is 11.3. The van der Waals surface area contributed by atoms with Crippen molar-refractivity contribution in [1.82, 2.24) is 0 Å². The van der Waals surface area contributed by atoms with Crippen LogP contribution in [0.1, 0.15) is 62.5 Å². The Labute approximate surface area is 170 Å². The summed E-state index contributed by atoms with van der Waals surface area (Å²) in [6, 6.07) is 17.0. The molecule has 0 radical (unpaired) electrons. The molecule has 0 atom stereocenters. The molecule has 4 rings (SSSR count). The van der Waals surface area contributed by atoms with Crippen molar-refractivity contribution in [3.8, 4) is 0 Å². The van der Waals surface area contributed by atoms with Gasteiger partial charge in [0.05, 0.1) is 0 Å². The van der Waals surface area contributed by atoms with Crippen molar-refractivity contribution in [3.05, 3.63) is 59.7 Å². The fourth-order valence-electron chi connectivity index (χ4n) is 5.70.